The van der Waals surface area contributed by atoms with Crippen LogP contribution in [-0.2, 0) is 19.2 Å². The maximum absolute atomic E-state index is 13.2. The van der Waals surface area contributed by atoms with Gasteiger partial charge in [0.1, 0.15) is 0 Å². The highest BCUT2D eigenvalue weighted by Gasteiger charge is 2.56. The molecule has 3 rings (SSSR count). The smallest absolute Gasteiger partial charge is 0.237 e. The predicted octanol–water partition coefficient (Wildman–Crippen LogP) is 3.31. The second kappa shape index (κ2) is 7.06. The van der Waals surface area contributed by atoms with E-state index in [2.05, 4.69) is 0 Å². The first kappa shape index (κ1) is 21.7. The van der Waals surface area contributed by atoms with Crippen molar-refractivity contribution in [3.8, 4) is 0 Å². The molecule has 6 heteroatoms. The monoisotopic (exact) mass is 402 g/mol. The lowest BCUT2D eigenvalue weighted by atomic mass is 9.71. The van der Waals surface area contributed by atoms with Gasteiger partial charge in [-0.2, -0.15) is 0 Å². The topological polar surface area (TPSA) is 74.8 Å². The van der Waals surface area contributed by atoms with Crippen molar-refractivity contribution in [2.24, 2.45) is 23.7 Å². The number of nitrogens with zero attached hydrogens (tertiary/aromatic N) is 2. The van der Waals surface area contributed by atoms with Gasteiger partial charge in [-0.1, -0.05) is 25.5 Å². The summed E-state index contributed by atoms with van der Waals surface area (Å²) in [6.45, 7) is 13.5. The molecule has 0 aromatic rings. The summed E-state index contributed by atoms with van der Waals surface area (Å²) >= 11 is 0. The molecule has 2 heterocycles. The quantitative estimate of drug-likeness (QED) is 0.522. The van der Waals surface area contributed by atoms with Gasteiger partial charge in [-0.25, -0.2) is 0 Å². The number of imide groups is 2. The molecule has 2 fully saturated rings. The van der Waals surface area contributed by atoms with E-state index in [1.807, 2.05) is 54.5 Å². The van der Waals surface area contributed by atoms with Gasteiger partial charge in [-0.3, -0.25) is 29.0 Å². The van der Waals surface area contributed by atoms with E-state index in [9.17, 15) is 19.2 Å². The van der Waals surface area contributed by atoms with E-state index in [0.29, 0.717) is 19.3 Å². The highest BCUT2D eigenvalue weighted by atomic mass is 16.2. The van der Waals surface area contributed by atoms with Gasteiger partial charge in [0, 0.05) is 17.5 Å². The van der Waals surface area contributed by atoms with E-state index in [1.54, 1.807) is 0 Å². The van der Waals surface area contributed by atoms with Gasteiger partial charge >= 0.3 is 0 Å². The minimum atomic E-state index is -0.525. The van der Waals surface area contributed by atoms with Crippen molar-refractivity contribution in [2.75, 3.05) is 0 Å². The SMILES string of the molecule is CCC(C)(C)N1C(=O)CC(C2C=C(C)C3C(=O)N(C(C)(C)CC)C(=O)C3C2)C1=O. The second-order valence-corrected chi connectivity index (χ2v) is 10.1. The third-order valence-electron chi connectivity index (χ3n) is 7.56. The minimum absolute atomic E-state index is 0.124. The molecule has 0 N–H and O–H groups in total. The third kappa shape index (κ3) is 3.24. The molecule has 4 atom stereocenters. The normalized spacial score (nSPS) is 30.9. The summed E-state index contributed by atoms with van der Waals surface area (Å²) in [5.74, 6) is -2.03. The zero-order valence-corrected chi connectivity index (χ0v) is 18.7. The Morgan fingerprint density at radius 3 is 1.93 bits per heavy atom. The molecule has 0 aromatic heterocycles. The van der Waals surface area contributed by atoms with Crippen LogP contribution < -0.4 is 0 Å². The number of amides is 4. The van der Waals surface area contributed by atoms with Crippen LogP contribution in [0.4, 0.5) is 0 Å². The number of likely N-dealkylation sites (tertiary alicyclic amines) is 2. The molecule has 4 unspecified atom stereocenters. The Balaban J connectivity index is 1.89. The van der Waals surface area contributed by atoms with Crippen LogP contribution in [0.15, 0.2) is 11.6 Å². The number of carbonyl (C=O) groups excluding carboxylic acids is 4. The van der Waals surface area contributed by atoms with Crippen molar-refractivity contribution < 1.29 is 19.2 Å². The van der Waals surface area contributed by atoms with Crippen molar-refractivity contribution in [2.45, 2.75) is 85.2 Å². The molecule has 0 spiro atoms. The van der Waals surface area contributed by atoms with Gasteiger partial charge < -0.3 is 0 Å². The molecule has 1 aliphatic carbocycles. The molecular weight excluding hydrogens is 368 g/mol. The van der Waals surface area contributed by atoms with Crippen LogP contribution in [0.3, 0.4) is 0 Å². The Hall–Kier alpha value is -1.98. The van der Waals surface area contributed by atoms with E-state index in [0.717, 1.165) is 5.57 Å². The van der Waals surface area contributed by atoms with Crippen molar-refractivity contribution in [3.05, 3.63) is 11.6 Å². The average Bonchev–Trinajstić information content (AvgIpc) is 3.09. The Morgan fingerprint density at radius 1 is 0.862 bits per heavy atom. The van der Waals surface area contributed by atoms with E-state index in [4.69, 9.17) is 0 Å². The second-order valence-electron chi connectivity index (χ2n) is 10.1. The first-order valence-electron chi connectivity index (χ1n) is 10.8. The first-order valence-corrected chi connectivity index (χ1v) is 10.8. The lowest BCUT2D eigenvalue weighted by molar-refractivity contribution is -0.148. The highest BCUT2D eigenvalue weighted by molar-refractivity contribution is 6.08. The van der Waals surface area contributed by atoms with Crippen molar-refractivity contribution in [1.82, 2.24) is 9.80 Å². The Kier molecular flexibility index (Phi) is 5.29. The lowest BCUT2D eigenvalue weighted by Crippen LogP contribution is -2.48. The third-order valence-corrected chi connectivity index (χ3v) is 7.56. The summed E-state index contributed by atoms with van der Waals surface area (Å²) in [5.41, 5.74) is -0.185. The van der Waals surface area contributed by atoms with E-state index in [-0.39, 0.29) is 36.0 Å². The van der Waals surface area contributed by atoms with Gasteiger partial charge in [0.25, 0.3) is 0 Å². The molecule has 0 saturated carbocycles. The van der Waals surface area contributed by atoms with Crippen LogP contribution in [0.25, 0.3) is 0 Å². The molecule has 29 heavy (non-hydrogen) atoms. The van der Waals surface area contributed by atoms with Gasteiger partial charge in [-0.15, -0.1) is 0 Å². The molecule has 2 aliphatic heterocycles. The van der Waals surface area contributed by atoms with Gasteiger partial charge in [0.05, 0.1) is 17.8 Å². The molecule has 0 radical (unpaired) electrons. The number of fused-ring (bicyclic) bond motifs is 1. The summed E-state index contributed by atoms with van der Waals surface area (Å²) < 4.78 is 0. The van der Waals surface area contributed by atoms with Crippen LogP contribution in [0.5, 0.6) is 0 Å². The molecule has 2 saturated heterocycles. The fraction of sp³-hybridized carbons (Fsp3) is 0.739. The molecule has 0 aromatic carbocycles. The number of carbonyl (C=O) groups is 4. The minimum Gasteiger partial charge on any atom is -0.277 e. The fourth-order valence-corrected chi connectivity index (χ4v) is 5.10. The summed E-state index contributed by atoms with van der Waals surface area (Å²) in [4.78, 5) is 54.9. The summed E-state index contributed by atoms with van der Waals surface area (Å²) in [7, 11) is 0. The molecule has 3 aliphatic rings. The van der Waals surface area contributed by atoms with E-state index >= 15 is 0 Å². The molecule has 4 amide bonds. The van der Waals surface area contributed by atoms with Crippen LogP contribution in [0, 0.1) is 23.7 Å². The first-order chi connectivity index (χ1) is 13.4. The van der Waals surface area contributed by atoms with Gasteiger partial charge in [0.15, 0.2) is 0 Å². The Morgan fingerprint density at radius 2 is 1.38 bits per heavy atom. The van der Waals surface area contributed by atoms with E-state index < -0.39 is 28.8 Å². The number of rotatable bonds is 5. The lowest BCUT2D eigenvalue weighted by Gasteiger charge is -2.34. The fourth-order valence-electron chi connectivity index (χ4n) is 5.10. The van der Waals surface area contributed by atoms with Crippen LogP contribution >= 0.6 is 0 Å². The average molecular weight is 403 g/mol. The van der Waals surface area contributed by atoms with Crippen LogP contribution in [0.1, 0.15) is 74.1 Å². The maximum atomic E-state index is 13.2. The van der Waals surface area contributed by atoms with Crippen LogP contribution in [-0.4, -0.2) is 44.5 Å². The molecule has 6 nitrogen and oxygen atoms in total. The van der Waals surface area contributed by atoms with Crippen molar-refractivity contribution in [3.63, 3.8) is 0 Å². The largest absolute Gasteiger partial charge is 0.277 e. The summed E-state index contributed by atoms with van der Waals surface area (Å²) in [6.07, 6.45) is 3.99. The molecular formula is C23H34N2O4. The maximum Gasteiger partial charge on any atom is 0.237 e. The van der Waals surface area contributed by atoms with Crippen LogP contribution in [0.2, 0.25) is 0 Å². The van der Waals surface area contributed by atoms with Gasteiger partial charge in [0.2, 0.25) is 23.6 Å². The van der Waals surface area contributed by atoms with Gasteiger partial charge in [-0.05, 0) is 59.8 Å². The zero-order chi connectivity index (χ0) is 21.9. The predicted molar refractivity (Wildman–Crippen MR) is 109 cm³/mol. The summed E-state index contributed by atoms with van der Waals surface area (Å²) in [6, 6.07) is 0. The van der Waals surface area contributed by atoms with E-state index in [1.165, 1.54) is 9.80 Å². The number of hydrogen-bond acceptors (Lipinski definition) is 4. The molecule has 160 valence electrons. The Labute approximate surface area is 173 Å². The Bertz CT molecular complexity index is 795. The number of hydrogen-bond donors (Lipinski definition) is 0. The number of allylic oxidation sites excluding steroid dienone is 1. The summed E-state index contributed by atoms with van der Waals surface area (Å²) in [5, 5.41) is 0. The highest BCUT2D eigenvalue weighted by Crippen LogP contribution is 2.47. The van der Waals surface area contributed by atoms with Crippen molar-refractivity contribution >= 4 is 23.6 Å². The van der Waals surface area contributed by atoms with Crippen molar-refractivity contribution in [1.29, 1.82) is 0 Å². The standard InChI is InChI=1S/C23H34N2O4/c1-8-22(4,5)24-17(26)12-15(19(24)27)14-10-13(3)18-16(11-14)20(28)25(21(18)29)23(6,7)9-2/h10,14-16,18H,8-9,11-12H2,1-7H3. The molecule has 0 bridgehead atoms. The zero-order valence-electron chi connectivity index (χ0n) is 18.7.